The minimum atomic E-state index is -1.86. The molecule has 15 heteroatoms. The maximum absolute atomic E-state index is 13.7. The van der Waals surface area contributed by atoms with Crippen LogP contribution in [0.5, 0.6) is 23.0 Å². The number of aliphatic hydroxyl groups is 6. The molecule has 2 aliphatic heterocycles. The van der Waals surface area contributed by atoms with Crippen LogP contribution in [0, 0.1) is 0 Å². The minimum absolute atomic E-state index is 0.0930. The SMILES string of the molecule is CC1OC(Oc2c(-c3ccc(O)cc3)oc3cc(O)cc(O)c3c2=O)C(OCC2OC(O)C(O)C(O)C2O)C(O)C1O. The molecule has 2 fully saturated rings. The Balaban J connectivity index is 1.53. The van der Waals surface area contributed by atoms with Crippen molar-refractivity contribution in [3.63, 3.8) is 0 Å². The first kappa shape index (κ1) is 30.0. The van der Waals surface area contributed by atoms with E-state index in [-0.39, 0.29) is 28.0 Å². The van der Waals surface area contributed by atoms with Crippen molar-refractivity contribution in [3.05, 3.63) is 46.6 Å². The average molecular weight is 595 g/mol. The lowest BCUT2D eigenvalue weighted by atomic mass is 9.98. The molecule has 3 heterocycles. The van der Waals surface area contributed by atoms with Crippen molar-refractivity contribution in [2.24, 2.45) is 0 Å². The van der Waals surface area contributed by atoms with Crippen molar-refractivity contribution < 1.29 is 69.3 Å². The smallest absolute Gasteiger partial charge is 0.239 e. The zero-order valence-corrected chi connectivity index (χ0v) is 21.9. The molecule has 0 radical (unpaired) electrons. The molecule has 0 aliphatic carbocycles. The van der Waals surface area contributed by atoms with Crippen molar-refractivity contribution in [1.82, 2.24) is 0 Å². The molecular weight excluding hydrogens is 564 g/mol. The van der Waals surface area contributed by atoms with Gasteiger partial charge in [-0.1, -0.05) is 0 Å². The molecule has 15 nitrogen and oxygen atoms in total. The van der Waals surface area contributed by atoms with E-state index in [1.807, 2.05) is 0 Å². The highest BCUT2D eigenvalue weighted by Gasteiger charge is 2.48. The number of fused-ring (bicyclic) bond motifs is 1. The van der Waals surface area contributed by atoms with Crippen LogP contribution in [0.25, 0.3) is 22.3 Å². The summed E-state index contributed by atoms with van der Waals surface area (Å²) in [6.07, 6.45) is -16.0. The van der Waals surface area contributed by atoms with Gasteiger partial charge in [0.05, 0.1) is 12.7 Å². The second-order valence-electron chi connectivity index (χ2n) is 10.1. The molecule has 2 aliphatic rings. The third-order valence-corrected chi connectivity index (χ3v) is 7.21. The number of aliphatic hydroxyl groups excluding tert-OH is 6. The van der Waals surface area contributed by atoms with Gasteiger partial charge in [-0.3, -0.25) is 4.79 Å². The molecule has 3 aromatic rings. The predicted molar refractivity (Wildman–Crippen MR) is 139 cm³/mol. The van der Waals surface area contributed by atoms with Gasteiger partial charge in [0.15, 0.2) is 12.1 Å². The molecule has 0 spiro atoms. The number of phenolic OH excluding ortho intramolecular Hbond substituents is 3. The van der Waals surface area contributed by atoms with E-state index < -0.39 is 90.7 Å². The Morgan fingerprint density at radius 2 is 1.50 bits per heavy atom. The number of rotatable bonds is 6. The molecule has 0 bridgehead atoms. The minimum Gasteiger partial charge on any atom is -0.508 e. The second-order valence-corrected chi connectivity index (χ2v) is 10.1. The molecule has 0 saturated carbocycles. The van der Waals surface area contributed by atoms with Crippen molar-refractivity contribution in [2.75, 3.05) is 6.61 Å². The van der Waals surface area contributed by atoms with E-state index in [4.69, 9.17) is 23.4 Å². The molecule has 0 amide bonds. The van der Waals surface area contributed by atoms with E-state index in [2.05, 4.69) is 0 Å². The summed E-state index contributed by atoms with van der Waals surface area (Å²) in [5.41, 5.74) is -0.873. The van der Waals surface area contributed by atoms with Crippen LogP contribution in [0.2, 0.25) is 0 Å². The number of aromatic hydroxyl groups is 3. The van der Waals surface area contributed by atoms with Crippen LogP contribution in [-0.4, -0.2) is 114 Å². The highest BCUT2D eigenvalue weighted by molar-refractivity contribution is 5.88. The monoisotopic (exact) mass is 594 g/mol. The van der Waals surface area contributed by atoms with E-state index in [0.29, 0.717) is 0 Å². The van der Waals surface area contributed by atoms with Gasteiger partial charge in [0, 0.05) is 17.7 Å². The Hall–Kier alpha value is -3.51. The Morgan fingerprint density at radius 3 is 2.19 bits per heavy atom. The third-order valence-electron chi connectivity index (χ3n) is 7.21. The van der Waals surface area contributed by atoms with Gasteiger partial charge in [-0.05, 0) is 31.2 Å². The third kappa shape index (κ3) is 5.49. The number of hydrogen-bond acceptors (Lipinski definition) is 15. The summed E-state index contributed by atoms with van der Waals surface area (Å²) in [5, 5.41) is 90.8. The van der Waals surface area contributed by atoms with Gasteiger partial charge in [-0.15, -0.1) is 0 Å². The Labute approximate surface area is 236 Å². The quantitative estimate of drug-likeness (QED) is 0.159. The molecule has 5 rings (SSSR count). The van der Waals surface area contributed by atoms with Crippen molar-refractivity contribution in [1.29, 1.82) is 0 Å². The number of ether oxygens (including phenoxy) is 4. The maximum atomic E-state index is 13.7. The number of hydrogen-bond donors (Lipinski definition) is 9. The van der Waals surface area contributed by atoms with Gasteiger partial charge >= 0.3 is 0 Å². The lowest BCUT2D eigenvalue weighted by molar-refractivity contribution is -0.310. The fourth-order valence-corrected chi connectivity index (χ4v) is 4.84. The standard InChI is InChI=1S/C27H30O15/c1-9-17(31)21(35)25(38-8-15-18(32)20(34)22(36)26(37)41-15)27(39-9)42-24-19(33)16-13(30)6-12(29)7-14(16)40-23(24)10-2-4-11(28)5-3-10/h2-7,9,15,17-18,20-22,25-32,34-37H,8H2,1H3. The summed E-state index contributed by atoms with van der Waals surface area (Å²) in [7, 11) is 0. The molecule has 10 unspecified atom stereocenters. The van der Waals surface area contributed by atoms with E-state index in [9.17, 15) is 50.8 Å². The topological polar surface area (TPSA) is 249 Å². The molecule has 1 aromatic heterocycles. The van der Waals surface area contributed by atoms with Crippen LogP contribution >= 0.6 is 0 Å². The van der Waals surface area contributed by atoms with E-state index in [0.717, 1.165) is 12.1 Å². The zero-order valence-electron chi connectivity index (χ0n) is 21.9. The van der Waals surface area contributed by atoms with E-state index >= 15 is 0 Å². The average Bonchev–Trinajstić information content (AvgIpc) is 2.94. The Morgan fingerprint density at radius 1 is 0.810 bits per heavy atom. The summed E-state index contributed by atoms with van der Waals surface area (Å²) in [4.78, 5) is 13.7. The Kier molecular flexibility index (Phi) is 8.30. The molecule has 228 valence electrons. The summed E-state index contributed by atoms with van der Waals surface area (Å²) < 4.78 is 28.3. The number of phenols is 3. The van der Waals surface area contributed by atoms with Crippen LogP contribution in [0.3, 0.4) is 0 Å². The first-order chi connectivity index (χ1) is 19.9. The van der Waals surface area contributed by atoms with Gasteiger partial charge in [0.2, 0.25) is 17.5 Å². The van der Waals surface area contributed by atoms with Crippen LogP contribution in [0.4, 0.5) is 0 Å². The highest BCUT2D eigenvalue weighted by atomic mass is 16.7. The maximum Gasteiger partial charge on any atom is 0.239 e. The molecule has 9 N–H and O–H groups in total. The summed E-state index contributed by atoms with van der Waals surface area (Å²) in [6.45, 7) is 0.812. The Bertz CT molecular complexity index is 1470. The van der Waals surface area contributed by atoms with Crippen molar-refractivity contribution in [2.45, 2.75) is 68.3 Å². The van der Waals surface area contributed by atoms with Gasteiger partial charge < -0.3 is 69.3 Å². The molecule has 2 aromatic carbocycles. The fraction of sp³-hybridized carbons (Fsp3) is 0.444. The second kappa shape index (κ2) is 11.6. The van der Waals surface area contributed by atoms with Crippen molar-refractivity contribution >= 4 is 11.0 Å². The zero-order chi connectivity index (χ0) is 30.5. The largest absolute Gasteiger partial charge is 0.508 e. The molecule has 10 atom stereocenters. The molecule has 42 heavy (non-hydrogen) atoms. The first-order valence-electron chi connectivity index (χ1n) is 12.9. The van der Waals surface area contributed by atoms with Gasteiger partial charge in [0.1, 0.15) is 70.9 Å². The molecule has 2 saturated heterocycles. The van der Waals surface area contributed by atoms with Crippen molar-refractivity contribution in [3.8, 4) is 34.3 Å². The normalized spacial score (nSPS) is 33.5. The van der Waals surface area contributed by atoms with Gasteiger partial charge in [-0.2, -0.15) is 0 Å². The van der Waals surface area contributed by atoms with Gasteiger partial charge in [-0.25, -0.2) is 0 Å². The van der Waals surface area contributed by atoms with E-state index in [1.54, 1.807) is 0 Å². The summed E-state index contributed by atoms with van der Waals surface area (Å²) >= 11 is 0. The van der Waals surface area contributed by atoms with Crippen LogP contribution in [0.1, 0.15) is 6.92 Å². The van der Waals surface area contributed by atoms with Crippen LogP contribution < -0.4 is 10.2 Å². The first-order valence-corrected chi connectivity index (χ1v) is 12.9. The number of benzene rings is 2. The summed E-state index contributed by atoms with van der Waals surface area (Å²) in [5.74, 6) is -1.83. The van der Waals surface area contributed by atoms with E-state index in [1.165, 1.54) is 31.2 Å². The van der Waals surface area contributed by atoms with Crippen LogP contribution in [-0.2, 0) is 14.2 Å². The highest BCUT2D eigenvalue weighted by Crippen LogP contribution is 2.38. The molecular formula is C27H30O15. The fourth-order valence-electron chi connectivity index (χ4n) is 4.84. The van der Waals surface area contributed by atoms with Crippen LogP contribution in [0.15, 0.2) is 45.6 Å². The lowest BCUT2D eigenvalue weighted by Gasteiger charge is -2.43. The summed E-state index contributed by atoms with van der Waals surface area (Å²) in [6, 6.07) is 7.44. The van der Waals surface area contributed by atoms with Gasteiger partial charge in [0.25, 0.3) is 0 Å². The predicted octanol–water partition coefficient (Wildman–Crippen LogP) is -1.39. The lowest BCUT2D eigenvalue weighted by Crippen LogP contribution is -2.62.